The number of alkyl halides is 3. The van der Waals surface area contributed by atoms with Crippen LogP contribution in [0.3, 0.4) is 0 Å². The fraction of sp³-hybridized carbons (Fsp3) is 0.407. The minimum Gasteiger partial charge on any atom is -0.358 e. The van der Waals surface area contributed by atoms with Crippen molar-refractivity contribution >= 4 is 34.3 Å². The number of nitrogens with zero attached hydrogens (tertiary/aromatic N) is 4. The Hall–Kier alpha value is -3.93. The third-order valence-electron chi connectivity index (χ3n) is 7.11. The van der Waals surface area contributed by atoms with Gasteiger partial charge in [-0.1, -0.05) is 38.1 Å². The number of amides is 3. The number of nitrogens with one attached hydrogen (secondary N) is 3. The molecule has 3 amide bonds. The lowest BCUT2D eigenvalue weighted by atomic mass is 10.0. The van der Waals surface area contributed by atoms with Gasteiger partial charge in [-0.3, -0.25) is 9.69 Å². The molecule has 9 nitrogen and oxygen atoms in total. The smallest absolute Gasteiger partial charge is 0.358 e. The third kappa shape index (κ3) is 5.75. The molecule has 1 unspecified atom stereocenters. The Kier molecular flexibility index (Phi) is 7.30. The molecule has 2 aliphatic heterocycles. The lowest BCUT2D eigenvalue weighted by molar-refractivity contribution is -0.137. The molecule has 5 rings (SSSR count). The standard InChI is InChI=1S/C27H30F3N7O2/c1-16(2)23-25(38)31-13-17-14-37(26(39)33-21-10-6-4-8-19(21)27(28,29)30)12-11-36(17)15-22-32-20-9-5-3-7-18(20)24(34-22)35-23/h3-10,16-17,23H,11-15H2,1-2H3,(H,31,38)(H,33,39)(H,32,34,35)/t17?,23-/m0/s1. The number of fused-ring (bicyclic) bond motifs is 5. The molecule has 2 aliphatic rings. The van der Waals surface area contributed by atoms with E-state index in [1.165, 1.54) is 23.1 Å². The maximum absolute atomic E-state index is 13.4. The molecule has 206 valence electrons. The molecular weight excluding hydrogens is 511 g/mol. The average molecular weight is 542 g/mol. The van der Waals surface area contributed by atoms with Crippen molar-refractivity contribution in [1.82, 2.24) is 25.1 Å². The Morgan fingerprint density at radius 2 is 1.82 bits per heavy atom. The zero-order valence-electron chi connectivity index (χ0n) is 21.6. The molecule has 2 bridgehead atoms. The summed E-state index contributed by atoms with van der Waals surface area (Å²) >= 11 is 0. The second-order valence-corrected chi connectivity index (χ2v) is 10.2. The summed E-state index contributed by atoms with van der Waals surface area (Å²) in [7, 11) is 0. The van der Waals surface area contributed by atoms with E-state index in [1.54, 1.807) is 0 Å². The van der Waals surface area contributed by atoms with Gasteiger partial charge in [0.2, 0.25) is 5.91 Å². The van der Waals surface area contributed by atoms with E-state index in [-0.39, 0.29) is 43.2 Å². The number of hydrogen-bond donors (Lipinski definition) is 3. The SMILES string of the molecule is CC(C)[C@@H]1Nc2nc(nc3ccccc23)CN2CCN(C(=O)Nc3ccccc3C(F)(F)F)CC2CNC1=O. The predicted octanol–water partition coefficient (Wildman–Crippen LogP) is 3.93. The van der Waals surface area contributed by atoms with Crippen LogP contribution in [0.1, 0.15) is 25.2 Å². The van der Waals surface area contributed by atoms with E-state index in [9.17, 15) is 22.8 Å². The van der Waals surface area contributed by atoms with Gasteiger partial charge >= 0.3 is 12.2 Å². The molecular formula is C27H30F3N7O2. The van der Waals surface area contributed by atoms with Crippen LogP contribution in [-0.2, 0) is 17.5 Å². The zero-order chi connectivity index (χ0) is 27.7. The number of carbonyl (C=O) groups is 2. The predicted molar refractivity (Wildman–Crippen MR) is 141 cm³/mol. The van der Waals surface area contributed by atoms with E-state index in [1.807, 2.05) is 38.1 Å². The molecule has 2 atom stereocenters. The number of aromatic nitrogens is 2. The fourth-order valence-electron chi connectivity index (χ4n) is 5.01. The van der Waals surface area contributed by atoms with Crippen LogP contribution < -0.4 is 16.0 Å². The Labute approximate surface area is 223 Å². The third-order valence-corrected chi connectivity index (χ3v) is 7.11. The van der Waals surface area contributed by atoms with E-state index in [2.05, 4.69) is 20.9 Å². The molecule has 39 heavy (non-hydrogen) atoms. The molecule has 3 aromatic rings. The lowest BCUT2D eigenvalue weighted by Crippen LogP contribution is -2.59. The summed E-state index contributed by atoms with van der Waals surface area (Å²) in [6, 6.07) is 11.0. The summed E-state index contributed by atoms with van der Waals surface area (Å²) in [5.74, 6) is 0.928. The van der Waals surface area contributed by atoms with Crippen molar-refractivity contribution in [3.63, 3.8) is 0 Å². The van der Waals surface area contributed by atoms with Crippen molar-refractivity contribution in [2.24, 2.45) is 5.92 Å². The zero-order valence-corrected chi connectivity index (χ0v) is 21.6. The van der Waals surface area contributed by atoms with Gasteiger partial charge in [-0.05, 0) is 30.2 Å². The van der Waals surface area contributed by atoms with Gasteiger partial charge in [-0.25, -0.2) is 14.8 Å². The van der Waals surface area contributed by atoms with Gasteiger partial charge in [0.15, 0.2) is 0 Å². The van der Waals surface area contributed by atoms with E-state index in [0.717, 1.165) is 17.0 Å². The number of halogens is 3. The van der Waals surface area contributed by atoms with Crippen molar-refractivity contribution in [3.05, 3.63) is 59.9 Å². The minimum absolute atomic E-state index is 0.0404. The Morgan fingerprint density at radius 3 is 2.59 bits per heavy atom. The van der Waals surface area contributed by atoms with E-state index in [0.29, 0.717) is 24.7 Å². The summed E-state index contributed by atoms with van der Waals surface area (Å²) in [6.07, 6.45) is -4.60. The average Bonchev–Trinajstić information content (AvgIpc) is 2.91. The monoisotopic (exact) mass is 541 g/mol. The maximum atomic E-state index is 13.4. The summed E-state index contributed by atoms with van der Waals surface area (Å²) in [6.45, 7) is 5.46. The fourth-order valence-corrected chi connectivity index (χ4v) is 5.01. The van der Waals surface area contributed by atoms with Crippen molar-refractivity contribution in [1.29, 1.82) is 0 Å². The van der Waals surface area contributed by atoms with Gasteiger partial charge in [0.25, 0.3) is 0 Å². The summed E-state index contributed by atoms with van der Waals surface area (Å²) in [4.78, 5) is 39.4. The highest BCUT2D eigenvalue weighted by Crippen LogP contribution is 2.34. The highest BCUT2D eigenvalue weighted by Gasteiger charge is 2.36. The number of benzene rings is 2. The maximum Gasteiger partial charge on any atom is 0.418 e. The van der Waals surface area contributed by atoms with Crippen LogP contribution in [-0.4, -0.2) is 70.0 Å². The quantitative estimate of drug-likeness (QED) is 0.455. The van der Waals surface area contributed by atoms with Crippen LogP contribution in [0, 0.1) is 5.92 Å². The molecule has 0 saturated carbocycles. The van der Waals surface area contributed by atoms with Crippen LogP contribution in [0.25, 0.3) is 10.9 Å². The molecule has 3 N–H and O–H groups in total. The first-order chi connectivity index (χ1) is 18.6. The molecule has 12 heteroatoms. The van der Waals surface area contributed by atoms with Crippen LogP contribution in [0.4, 0.5) is 29.5 Å². The van der Waals surface area contributed by atoms with Crippen molar-refractivity contribution in [3.8, 4) is 0 Å². The number of rotatable bonds is 2. The first-order valence-electron chi connectivity index (χ1n) is 12.9. The van der Waals surface area contributed by atoms with Crippen LogP contribution in [0.5, 0.6) is 0 Å². The van der Waals surface area contributed by atoms with Gasteiger partial charge in [0.05, 0.1) is 23.3 Å². The number of piperazine rings is 1. The van der Waals surface area contributed by atoms with E-state index < -0.39 is 23.8 Å². The molecule has 3 heterocycles. The van der Waals surface area contributed by atoms with E-state index >= 15 is 0 Å². The lowest BCUT2D eigenvalue weighted by Gasteiger charge is -2.41. The summed E-state index contributed by atoms with van der Waals surface area (Å²) in [5, 5.41) is 9.56. The molecule has 1 saturated heterocycles. The minimum atomic E-state index is -4.60. The molecule has 2 aromatic carbocycles. The van der Waals surface area contributed by atoms with Gasteiger partial charge in [0, 0.05) is 37.6 Å². The van der Waals surface area contributed by atoms with Crippen LogP contribution >= 0.6 is 0 Å². The van der Waals surface area contributed by atoms with Crippen molar-refractivity contribution in [2.45, 2.75) is 38.7 Å². The van der Waals surface area contributed by atoms with Crippen LogP contribution in [0.2, 0.25) is 0 Å². The molecule has 1 aromatic heterocycles. The number of carbonyl (C=O) groups excluding carboxylic acids is 2. The van der Waals surface area contributed by atoms with Gasteiger partial charge in [-0.2, -0.15) is 13.2 Å². The second kappa shape index (κ2) is 10.7. The molecule has 0 aliphatic carbocycles. The summed E-state index contributed by atoms with van der Waals surface area (Å²) in [5.41, 5.74) is -0.447. The second-order valence-electron chi connectivity index (χ2n) is 10.2. The molecule has 0 spiro atoms. The number of urea groups is 1. The number of anilines is 2. The van der Waals surface area contributed by atoms with Crippen LogP contribution in [0.15, 0.2) is 48.5 Å². The highest BCUT2D eigenvalue weighted by atomic mass is 19.4. The highest BCUT2D eigenvalue weighted by molar-refractivity contribution is 5.92. The van der Waals surface area contributed by atoms with Gasteiger partial charge in [0.1, 0.15) is 17.7 Å². The largest absolute Gasteiger partial charge is 0.418 e. The summed E-state index contributed by atoms with van der Waals surface area (Å²) < 4.78 is 40.3. The van der Waals surface area contributed by atoms with Crippen molar-refractivity contribution < 1.29 is 22.8 Å². The first-order valence-corrected chi connectivity index (χ1v) is 12.9. The Balaban J connectivity index is 1.40. The Morgan fingerprint density at radius 1 is 1.08 bits per heavy atom. The normalized spacial score (nSPS) is 20.6. The van der Waals surface area contributed by atoms with Crippen molar-refractivity contribution in [2.75, 3.05) is 36.8 Å². The van der Waals surface area contributed by atoms with Gasteiger partial charge in [-0.15, -0.1) is 0 Å². The molecule has 0 radical (unpaired) electrons. The van der Waals surface area contributed by atoms with Gasteiger partial charge < -0.3 is 20.9 Å². The molecule has 1 fully saturated rings. The number of para-hydroxylation sites is 2. The number of hydrogen-bond acceptors (Lipinski definition) is 6. The Bertz CT molecular complexity index is 1380. The first kappa shape index (κ1) is 26.7. The topological polar surface area (TPSA) is 102 Å². The van der Waals surface area contributed by atoms with E-state index in [4.69, 9.17) is 9.97 Å².